The Labute approximate surface area is 198 Å². The number of carbonyl (C=O) groups excluding carboxylic acids is 2. The first-order chi connectivity index (χ1) is 16.1. The number of nitrogens with one attached hydrogen (secondary N) is 1. The number of hydrogen-bond donors (Lipinski definition) is 1. The number of thiophene rings is 1. The van der Waals surface area contributed by atoms with Gasteiger partial charge in [-0.05, 0) is 48.2 Å². The predicted molar refractivity (Wildman–Crippen MR) is 128 cm³/mol. The van der Waals surface area contributed by atoms with E-state index in [9.17, 15) is 9.59 Å². The number of aromatic nitrogens is 2. The van der Waals surface area contributed by atoms with Gasteiger partial charge in [-0.2, -0.15) is 4.98 Å². The van der Waals surface area contributed by atoms with Gasteiger partial charge in [0.1, 0.15) is 0 Å². The van der Waals surface area contributed by atoms with Crippen molar-refractivity contribution in [1.82, 2.24) is 15.5 Å². The van der Waals surface area contributed by atoms with E-state index in [1.807, 2.05) is 58.8 Å². The molecule has 0 saturated heterocycles. The topological polar surface area (TPSA) is 88.3 Å². The summed E-state index contributed by atoms with van der Waals surface area (Å²) < 4.78 is 5.34. The minimum absolute atomic E-state index is 0.00906. The molecule has 0 aliphatic carbocycles. The highest BCUT2D eigenvalue weighted by Crippen LogP contribution is 2.42. The summed E-state index contributed by atoms with van der Waals surface area (Å²) in [7, 11) is 0. The van der Waals surface area contributed by atoms with Crippen LogP contribution in [0.1, 0.15) is 39.3 Å². The molecule has 2 aromatic heterocycles. The molecule has 33 heavy (non-hydrogen) atoms. The zero-order chi connectivity index (χ0) is 22.8. The summed E-state index contributed by atoms with van der Waals surface area (Å²) in [4.78, 5) is 34.1. The Morgan fingerprint density at radius 2 is 2.00 bits per heavy atom. The van der Waals surface area contributed by atoms with Gasteiger partial charge >= 0.3 is 0 Å². The van der Waals surface area contributed by atoms with Crippen LogP contribution in [0.5, 0.6) is 0 Å². The number of rotatable bonds is 6. The van der Waals surface area contributed by atoms with Crippen molar-refractivity contribution < 1.29 is 14.1 Å². The highest BCUT2D eigenvalue weighted by Gasteiger charge is 2.27. The molecule has 0 fully saturated rings. The minimum atomic E-state index is -0.175. The second kappa shape index (κ2) is 9.21. The van der Waals surface area contributed by atoms with Crippen molar-refractivity contribution >= 4 is 40.6 Å². The van der Waals surface area contributed by atoms with Gasteiger partial charge in [-0.1, -0.05) is 42.0 Å². The number of amides is 2. The van der Waals surface area contributed by atoms with E-state index in [1.165, 1.54) is 11.3 Å². The molecule has 4 aromatic rings. The molecule has 0 radical (unpaired) electrons. The monoisotopic (exact) mass is 476 g/mol. The number of hydrogen-bond acceptors (Lipinski definition) is 7. The van der Waals surface area contributed by atoms with Crippen LogP contribution in [0.3, 0.4) is 0 Å². The molecular weight excluding hydrogens is 456 g/mol. The Kier molecular flexibility index (Phi) is 5.97. The van der Waals surface area contributed by atoms with Crippen LogP contribution < -0.4 is 10.2 Å². The number of nitrogens with zero attached hydrogens (tertiary/aromatic N) is 3. The first-order valence-electron chi connectivity index (χ1n) is 10.5. The molecule has 3 heterocycles. The Morgan fingerprint density at radius 1 is 1.12 bits per heavy atom. The van der Waals surface area contributed by atoms with E-state index in [4.69, 9.17) is 4.52 Å². The highest BCUT2D eigenvalue weighted by atomic mass is 32.2. The second-order valence-electron chi connectivity index (χ2n) is 7.41. The predicted octanol–water partition coefficient (Wildman–Crippen LogP) is 5.25. The van der Waals surface area contributed by atoms with Crippen LogP contribution in [0.4, 0.5) is 5.69 Å². The number of benzene rings is 2. The molecule has 2 aromatic carbocycles. The van der Waals surface area contributed by atoms with Crippen molar-refractivity contribution in [3.63, 3.8) is 0 Å². The molecule has 166 valence electrons. The van der Waals surface area contributed by atoms with Crippen LogP contribution in [-0.2, 0) is 6.54 Å². The van der Waals surface area contributed by atoms with Crippen molar-refractivity contribution in [2.75, 3.05) is 11.4 Å². The molecule has 1 aliphatic heterocycles. The number of anilines is 1. The third kappa shape index (κ3) is 4.29. The summed E-state index contributed by atoms with van der Waals surface area (Å²) >= 11 is 2.93. The first kappa shape index (κ1) is 21.4. The molecule has 1 N–H and O–H groups in total. The van der Waals surface area contributed by atoms with Crippen molar-refractivity contribution in [3.8, 4) is 11.4 Å². The van der Waals surface area contributed by atoms with Crippen LogP contribution in [0.15, 0.2) is 74.3 Å². The normalized spacial score (nSPS) is 12.8. The van der Waals surface area contributed by atoms with E-state index < -0.39 is 0 Å². The van der Waals surface area contributed by atoms with Gasteiger partial charge < -0.3 is 14.7 Å². The summed E-state index contributed by atoms with van der Waals surface area (Å²) in [5.41, 5.74) is 2.36. The van der Waals surface area contributed by atoms with E-state index in [-0.39, 0.29) is 18.4 Å². The van der Waals surface area contributed by atoms with Gasteiger partial charge in [0.25, 0.3) is 11.8 Å². The van der Waals surface area contributed by atoms with Crippen LogP contribution >= 0.6 is 23.1 Å². The first-order valence-corrected chi connectivity index (χ1v) is 12.2. The van der Waals surface area contributed by atoms with Gasteiger partial charge in [-0.3, -0.25) is 9.59 Å². The van der Waals surface area contributed by atoms with E-state index >= 15 is 0 Å². The van der Waals surface area contributed by atoms with E-state index in [0.29, 0.717) is 28.7 Å². The lowest BCUT2D eigenvalue weighted by Gasteiger charge is -2.22. The molecule has 0 bridgehead atoms. The zero-order valence-electron chi connectivity index (χ0n) is 17.8. The van der Waals surface area contributed by atoms with E-state index in [0.717, 1.165) is 27.5 Å². The lowest BCUT2D eigenvalue weighted by molar-refractivity contribution is 0.0948. The standard InChI is InChI=1S/C24H20N4O3S2/c1-2-11-28-17-10-9-15(13-20(17)33-18-7-4-3-6-16(18)24(28)30)22-26-21(31-27-22)14-25-23(29)19-8-5-12-32-19/h3-10,12-13H,2,11,14H2,1H3,(H,25,29). The Balaban J connectivity index is 1.41. The molecule has 0 atom stereocenters. The quantitative estimate of drug-likeness (QED) is 0.409. The van der Waals surface area contributed by atoms with Crippen molar-refractivity contribution in [3.05, 3.63) is 76.3 Å². The molecular formula is C24H20N4O3S2. The van der Waals surface area contributed by atoms with Crippen LogP contribution in [0, 0.1) is 0 Å². The molecule has 0 spiro atoms. The maximum atomic E-state index is 13.2. The maximum absolute atomic E-state index is 13.2. The van der Waals surface area contributed by atoms with Crippen LogP contribution in [0.2, 0.25) is 0 Å². The average molecular weight is 477 g/mol. The molecule has 2 amide bonds. The molecule has 0 saturated carbocycles. The molecule has 9 heteroatoms. The van der Waals surface area contributed by atoms with Crippen LogP contribution in [0.25, 0.3) is 11.4 Å². The fourth-order valence-corrected chi connectivity index (χ4v) is 5.36. The number of fused-ring (bicyclic) bond motifs is 2. The van der Waals surface area contributed by atoms with E-state index in [1.54, 1.807) is 17.8 Å². The minimum Gasteiger partial charge on any atom is -0.342 e. The Hall–Kier alpha value is -3.43. The summed E-state index contributed by atoms with van der Waals surface area (Å²) in [6, 6.07) is 17.1. The van der Waals surface area contributed by atoms with Crippen molar-refractivity contribution in [2.24, 2.45) is 0 Å². The Morgan fingerprint density at radius 3 is 2.82 bits per heavy atom. The average Bonchev–Trinajstić information content (AvgIpc) is 3.52. The summed E-state index contributed by atoms with van der Waals surface area (Å²) in [5.74, 6) is 0.593. The van der Waals surface area contributed by atoms with Crippen molar-refractivity contribution in [2.45, 2.75) is 29.7 Å². The highest BCUT2D eigenvalue weighted by molar-refractivity contribution is 7.99. The maximum Gasteiger partial charge on any atom is 0.261 e. The Bertz CT molecular complexity index is 1320. The second-order valence-corrected chi connectivity index (χ2v) is 9.44. The van der Waals surface area contributed by atoms with Gasteiger partial charge in [0.15, 0.2) is 0 Å². The SMILES string of the molecule is CCCN1C(=O)c2ccccc2Sc2cc(-c3noc(CNC(=O)c4cccs4)n3)ccc21. The van der Waals surface area contributed by atoms with Crippen LogP contribution in [-0.4, -0.2) is 28.5 Å². The fraction of sp³-hybridized carbons (Fsp3) is 0.167. The van der Waals surface area contributed by atoms with Gasteiger partial charge in [-0.25, -0.2) is 0 Å². The fourth-order valence-electron chi connectivity index (χ4n) is 3.60. The lowest BCUT2D eigenvalue weighted by atomic mass is 10.1. The molecule has 5 rings (SSSR count). The summed E-state index contributed by atoms with van der Waals surface area (Å²) in [6.45, 7) is 2.84. The van der Waals surface area contributed by atoms with Gasteiger partial charge in [0.2, 0.25) is 11.7 Å². The smallest absolute Gasteiger partial charge is 0.261 e. The van der Waals surface area contributed by atoms with Gasteiger partial charge in [-0.15, -0.1) is 11.3 Å². The largest absolute Gasteiger partial charge is 0.342 e. The van der Waals surface area contributed by atoms with Gasteiger partial charge in [0, 0.05) is 21.9 Å². The van der Waals surface area contributed by atoms with E-state index in [2.05, 4.69) is 22.4 Å². The molecule has 1 aliphatic rings. The van der Waals surface area contributed by atoms with Crippen molar-refractivity contribution in [1.29, 1.82) is 0 Å². The zero-order valence-corrected chi connectivity index (χ0v) is 19.4. The molecule has 7 nitrogen and oxygen atoms in total. The number of carbonyl (C=O) groups is 2. The summed E-state index contributed by atoms with van der Waals surface area (Å²) in [5, 5.41) is 8.73. The molecule has 0 unspecified atom stereocenters. The summed E-state index contributed by atoms with van der Waals surface area (Å²) in [6.07, 6.45) is 0.852. The lowest BCUT2D eigenvalue weighted by Crippen LogP contribution is -2.31. The third-order valence-corrected chi connectivity index (χ3v) is 7.14. The van der Waals surface area contributed by atoms with Gasteiger partial charge in [0.05, 0.1) is 22.7 Å². The third-order valence-electron chi connectivity index (χ3n) is 5.15.